The van der Waals surface area contributed by atoms with Gasteiger partial charge in [-0.1, -0.05) is 18.2 Å². The molecule has 2 N–H and O–H groups in total. The van der Waals surface area contributed by atoms with Crippen LogP contribution in [-0.4, -0.2) is 29.8 Å². The molecule has 1 aliphatic carbocycles. The van der Waals surface area contributed by atoms with Crippen LogP contribution in [0.3, 0.4) is 0 Å². The van der Waals surface area contributed by atoms with E-state index in [1.165, 1.54) is 0 Å². The molecule has 1 aromatic heterocycles. The molecule has 20 heavy (non-hydrogen) atoms. The summed E-state index contributed by atoms with van der Waals surface area (Å²) in [6.45, 7) is 1.70. The van der Waals surface area contributed by atoms with Crippen molar-refractivity contribution in [1.82, 2.24) is 10.3 Å². The molecule has 4 heteroatoms. The van der Waals surface area contributed by atoms with Crippen molar-refractivity contribution in [2.75, 3.05) is 13.7 Å². The van der Waals surface area contributed by atoms with Crippen molar-refractivity contribution >= 4 is 10.9 Å². The largest absolute Gasteiger partial charge is 0.494 e. The van der Waals surface area contributed by atoms with Gasteiger partial charge in [-0.05, 0) is 37.4 Å². The molecule has 0 saturated heterocycles. The van der Waals surface area contributed by atoms with Crippen molar-refractivity contribution in [1.29, 1.82) is 0 Å². The van der Waals surface area contributed by atoms with E-state index < -0.39 is 0 Å². The second kappa shape index (κ2) is 5.77. The minimum Gasteiger partial charge on any atom is -0.494 e. The number of hydrogen-bond acceptors (Lipinski definition) is 4. The minimum atomic E-state index is -0.0788. The Labute approximate surface area is 118 Å². The third-order valence-corrected chi connectivity index (χ3v) is 3.91. The molecule has 0 spiro atoms. The molecule has 1 heterocycles. The Balaban J connectivity index is 1.66. The molecule has 1 aromatic carbocycles. The predicted molar refractivity (Wildman–Crippen MR) is 78.7 cm³/mol. The zero-order valence-corrected chi connectivity index (χ0v) is 11.7. The molecule has 2 aromatic rings. The fourth-order valence-corrected chi connectivity index (χ4v) is 2.69. The lowest BCUT2D eigenvalue weighted by molar-refractivity contribution is 0.0429. The normalized spacial score (nSPS) is 21.7. The van der Waals surface area contributed by atoms with Crippen molar-refractivity contribution in [3.63, 3.8) is 0 Å². The van der Waals surface area contributed by atoms with Crippen LogP contribution in [-0.2, 0) is 6.54 Å². The monoisotopic (exact) mass is 272 g/mol. The Morgan fingerprint density at radius 2 is 2.15 bits per heavy atom. The summed E-state index contributed by atoms with van der Waals surface area (Å²) in [4.78, 5) is 4.66. The summed E-state index contributed by atoms with van der Waals surface area (Å²) >= 11 is 0. The molecule has 0 amide bonds. The lowest BCUT2D eigenvalue weighted by Gasteiger charge is -2.31. The molecule has 1 fully saturated rings. The topological polar surface area (TPSA) is 54.4 Å². The maximum absolute atomic E-state index is 9.26. The Kier molecular flexibility index (Phi) is 3.85. The second-order valence-electron chi connectivity index (χ2n) is 5.46. The van der Waals surface area contributed by atoms with Gasteiger partial charge in [0.05, 0.1) is 18.9 Å². The molecule has 0 radical (unpaired) electrons. The molecule has 4 nitrogen and oxygen atoms in total. The molecule has 1 saturated carbocycles. The SMILES string of the molecule is COc1cccc2ccc(CNCC3CC(O)C3)nc12. The number of rotatable bonds is 5. The van der Waals surface area contributed by atoms with E-state index in [0.29, 0.717) is 5.92 Å². The standard InChI is InChI=1S/C16H20N2O2/c1-20-15-4-2-3-12-5-6-13(18-16(12)15)10-17-9-11-7-14(19)8-11/h2-6,11,14,17,19H,7-10H2,1H3. The second-order valence-corrected chi connectivity index (χ2v) is 5.46. The third kappa shape index (κ3) is 2.76. The van der Waals surface area contributed by atoms with E-state index in [0.717, 1.165) is 48.3 Å². The number of aliphatic hydroxyl groups is 1. The number of nitrogens with zero attached hydrogens (tertiary/aromatic N) is 1. The van der Waals surface area contributed by atoms with Crippen molar-refractivity contribution in [2.45, 2.75) is 25.5 Å². The zero-order valence-electron chi connectivity index (χ0n) is 11.7. The fraction of sp³-hybridized carbons (Fsp3) is 0.438. The van der Waals surface area contributed by atoms with E-state index in [9.17, 15) is 5.11 Å². The number of fused-ring (bicyclic) bond motifs is 1. The van der Waals surface area contributed by atoms with Crippen LogP contribution in [0.15, 0.2) is 30.3 Å². The first-order valence-corrected chi connectivity index (χ1v) is 7.07. The van der Waals surface area contributed by atoms with E-state index in [2.05, 4.69) is 16.4 Å². The minimum absolute atomic E-state index is 0.0788. The van der Waals surface area contributed by atoms with Crippen LogP contribution in [0.5, 0.6) is 5.75 Å². The summed E-state index contributed by atoms with van der Waals surface area (Å²) in [6.07, 6.45) is 1.77. The van der Waals surface area contributed by atoms with E-state index in [1.807, 2.05) is 24.3 Å². The molecule has 1 aliphatic rings. The Morgan fingerprint density at radius 1 is 1.30 bits per heavy atom. The van der Waals surface area contributed by atoms with Gasteiger partial charge in [-0.15, -0.1) is 0 Å². The van der Waals surface area contributed by atoms with Gasteiger partial charge in [0.2, 0.25) is 0 Å². The molecule has 0 bridgehead atoms. The van der Waals surface area contributed by atoms with Gasteiger partial charge >= 0.3 is 0 Å². The molecule has 0 aliphatic heterocycles. The predicted octanol–water partition coefficient (Wildman–Crippen LogP) is 2.10. The molecular formula is C16H20N2O2. The lowest BCUT2D eigenvalue weighted by Crippen LogP contribution is -2.36. The van der Waals surface area contributed by atoms with Crippen LogP contribution < -0.4 is 10.1 Å². The first-order chi connectivity index (χ1) is 9.76. The zero-order chi connectivity index (χ0) is 13.9. The van der Waals surface area contributed by atoms with Crippen LogP contribution in [0, 0.1) is 5.92 Å². The van der Waals surface area contributed by atoms with Crippen LogP contribution in [0.4, 0.5) is 0 Å². The average molecular weight is 272 g/mol. The molecule has 0 unspecified atom stereocenters. The van der Waals surface area contributed by atoms with Gasteiger partial charge in [0, 0.05) is 11.9 Å². The summed E-state index contributed by atoms with van der Waals surface area (Å²) < 4.78 is 5.35. The van der Waals surface area contributed by atoms with Crippen LogP contribution in [0.1, 0.15) is 18.5 Å². The smallest absolute Gasteiger partial charge is 0.145 e. The highest BCUT2D eigenvalue weighted by atomic mass is 16.5. The highest BCUT2D eigenvalue weighted by molar-refractivity contribution is 5.84. The van der Waals surface area contributed by atoms with Crippen molar-refractivity contribution in [3.8, 4) is 5.75 Å². The Bertz CT molecular complexity index is 594. The molecular weight excluding hydrogens is 252 g/mol. The van der Waals surface area contributed by atoms with Crippen LogP contribution in [0.2, 0.25) is 0 Å². The van der Waals surface area contributed by atoms with E-state index in [-0.39, 0.29) is 6.10 Å². The molecule has 106 valence electrons. The third-order valence-electron chi connectivity index (χ3n) is 3.91. The van der Waals surface area contributed by atoms with E-state index >= 15 is 0 Å². The summed E-state index contributed by atoms with van der Waals surface area (Å²) in [5, 5.41) is 13.8. The van der Waals surface area contributed by atoms with Crippen LogP contribution in [0.25, 0.3) is 10.9 Å². The number of hydrogen-bond donors (Lipinski definition) is 2. The number of methoxy groups -OCH3 is 1. The number of aromatic nitrogens is 1. The Hall–Kier alpha value is -1.65. The number of ether oxygens (including phenoxy) is 1. The van der Waals surface area contributed by atoms with E-state index in [4.69, 9.17) is 4.74 Å². The van der Waals surface area contributed by atoms with Crippen molar-refractivity contribution in [2.24, 2.45) is 5.92 Å². The number of aliphatic hydroxyl groups excluding tert-OH is 1. The van der Waals surface area contributed by atoms with Gasteiger partial charge in [-0.3, -0.25) is 0 Å². The maximum atomic E-state index is 9.26. The molecule has 3 rings (SSSR count). The maximum Gasteiger partial charge on any atom is 0.145 e. The number of nitrogens with one attached hydrogen (secondary N) is 1. The van der Waals surface area contributed by atoms with Gasteiger partial charge in [0.15, 0.2) is 0 Å². The van der Waals surface area contributed by atoms with Gasteiger partial charge < -0.3 is 15.2 Å². The fourth-order valence-electron chi connectivity index (χ4n) is 2.69. The van der Waals surface area contributed by atoms with Crippen molar-refractivity contribution < 1.29 is 9.84 Å². The lowest BCUT2D eigenvalue weighted by atomic mass is 9.82. The highest BCUT2D eigenvalue weighted by Crippen LogP contribution is 2.26. The Morgan fingerprint density at radius 3 is 2.90 bits per heavy atom. The first-order valence-electron chi connectivity index (χ1n) is 7.07. The van der Waals surface area contributed by atoms with Gasteiger partial charge in [-0.2, -0.15) is 0 Å². The highest BCUT2D eigenvalue weighted by Gasteiger charge is 2.26. The number of para-hydroxylation sites is 1. The van der Waals surface area contributed by atoms with E-state index in [1.54, 1.807) is 7.11 Å². The summed E-state index contributed by atoms with van der Waals surface area (Å²) in [5.41, 5.74) is 1.93. The summed E-state index contributed by atoms with van der Waals surface area (Å²) in [6, 6.07) is 10.1. The quantitative estimate of drug-likeness (QED) is 0.875. The van der Waals surface area contributed by atoms with Gasteiger partial charge in [-0.25, -0.2) is 4.98 Å². The summed E-state index contributed by atoms with van der Waals surface area (Å²) in [7, 11) is 1.67. The van der Waals surface area contributed by atoms with Crippen LogP contribution >= 0.6 is 0 Å². The first kappa shape index (κ1) is 13.3. The average Bonchev–Trinajstić information content (AvgIpc) is 2.44. The van der Waals surface area contributed by atoms with Gasteiger partial charge in [0.25, 0.3) is 0 Å². The number of benzene rings is 1. The van der Waals surface area contributed by atoms with Crippen molar-refractivity contribution in [3.05, 3.63) is 36.0 Å². The molecule has 0 atom stereocenters. The van der Waals surface area contributed by atoms with Gasteiger partial charge in [0.1, 0.15) is 11.3 Å². The number of pyridine rings is 1. The summed E-state index contributed by atoms with van der Waals surface area (Å²) in [5.74, 6) is 1.42.